The smallest absolute Gasteiger partial charge is 0.259 e. The fraction of sp³-hybridized carbons (Fsp3) is 0.143. The normalized spacial score (nSPS) is 10.0. The van der Waals surface area contributed by atoms with Crippen LogP contribution in [0.25, 0.3) is 0 Å². The second-order valence-corrected chi connectivity index (χ2v) is 4.49. The lowest BCUT2D eigenvalue weighted by Gasteiger charge is -2.06. The molecule has 5 heteroatoms. The Kier molecular flexibility index (Phi) is 3.59. The van der Waals surface area contributed by atoms with Crippen LogP contribution < -0.4 is 5.32 Å². The minimum absolute atomic E-state index is 0.314. The van der Waals surface area contributed by atoms with E-state index in [4.69, 9.17) is 21.3 Å². The molecule has 0 fully saturated rings. The SMILES string of the molecule is Cc1cc(C(=O)Nc2cc(C#N)ccc2Cl)c(C)o1. The molecule has 1 aromatic heterocycles. The van der Waals surface area contributed by atoms with Gasteiger partial charge in [0.2, 0.25) is 0 Å². The van der Waals surface area contributed by atoms with E-state index in [9.17, 15) is 4.79 Å². The van der Waals surface area contributed by atoms with Crippen molar-refractivity contribution in [2.24, 2.45) is 0 Å². The highest BCUT2D eigenvalue weighted by atomic mass is 35.5. The predicted octanol–water partition coefficient (Wildman–Crippen LogP) is 3.67. The number of nitrogens with one attached hydrogen (secondary N) is 1. The molecule has 0 unspecified atom stereocenters. The van der Waals surface area contributed by atoms with Crippen molar-refractivity contribution in [2.75, 3.05) is 5.32 Å². The molecule has 0 saturated heterocycles. The average Bonchev–Trinajstić information content (AvgIpc) is 2.71. The van der Waals surface area contributed by atoms with Gasteiger partial charge in [-0.2, -0.15) is 5.26 Å². The van der Waals surface area contributed by atoms with Gasteiger partial charge in [0.05, 0.1) is 27.9 Å². The summed E-state index contributed by atoms with van der Waals surface area (Å²) in [6.07, 6.45) is 0. The minimum Gasteiger partial charge on any atom is -0.466 e. The third kappa shape index (κ3) is 2.78. The van der Waals surface area contributed by atoms with Crippen LogP contribution >= 0.6 is 11.6 Å². The fourth-order valence-corrected chi connectivity index (χ4v) is 1.90. The Morgan fingerprint density at radius 1 is 1.37 bits per heavy atom. The highest BCUT2D eigenvalue weighted by Crippen LogP contribution is 2.24. The van der Waals surface area contributed by atoms with Gasteiger partial charge in [-0.05, 0) is 38.1 Å². The fourth-order valence-electron chi connectivity index (χ4n) is 1.74. The van der Waals surface area contributed by atoms with Crippen molar-refractivity contribution in [3.05, 3.63) is 51.9 Å². The number of aryl methyl sites for hydroxylation is 2. The van der Waals surface area contributed by atoms with E-state index in [1.807, 2.05) is 6.07 Å². The van der Waals surface area contributed by atoms with E-state index < -0.39 is 0 Å². The van der Waals surface area contributed by atoms with E-state index >= 15 is 0 Å². The Bertz CT molecular complexity index is 683. The van der Waals surface area contributed by atoms with E-state index in [0.717, 1.165) is 0 Å². The topological polar surface area (TPSA) is 66.0 Å². The Morgan fingerprint density at radius 3 is 2.68 bits per heavy atom. The molecule has 0 aliphatic rings. The highest BCUT2D eigenvalue weighted by molar-refractivity contribution is 6.34. The lowest BCUT2D eigenvalue weighted by Crippen LogP contribution is -2.12. The van der Waals surface area contributed by atoms with Crippen LogP contribution in [-0.2, 0) is 0 Å². The Hall–Kier alpha value is -2.25. The molecule has 1 aromatic carbocycles. The maximum Gasteiger partial charge on any atom is 0.259 e. The summed E-state index contributed by atoms with van der Waals surface area (Å²) in [7, 11) is 0. The van der Waals surface area contributed by atoms with Crippen LogP contribution in [0.1, 0.15) is 27.4 Å². The zero-order chi connectivity index (χ0) is 14.0. The summed E-state index contributed by atoms with van der Waals surface area (Å²) >= 11 is 5.98. The van der Waals surface area contributed by atoms with Crippen LogP contribution in [0.15, 0.2) is 28.7 Å². The maximum atomic E-state index is 12.1. The number of amides is 1. The van der Waals surface area contributed by atoms with E-state index in [1.54, 1.807) is 32.0 Å². The van der Waals surface area contributed by atoms with Crippen molar-refractivity contribution in [1.29, 1.82) is 5.26 Å². The number of carbonyl (C=O) groups excluding carboxylic acids is 1. The molecule has 1 amide bonds. The summed E-state index contributed by atoms with van der Waals surface area (Å²) in [5, 5.41) is 11.9. The van der Waals surface area contributed by atoms with Crippen LogP contribution in [0.5, 0.6) is 0 Å². The maximum absolute atomic E-state index is 12.1. The number of carbonyl (C=O) groups is 1. The monoisotopic (exact) mass is 274 g/mol. The lowest BCUT2D eigenvalue weighted by atomic mass is 10.2. The Labute approximate surface area is 115 Å². The second-order valence-electron chi connectivity index (χ2n) is 4.09. The summed E-state index contributed by atoms with van der Waals surface area (Å²) in [4.78, 5) is 12.1. The molecule has 1 N–H and O–H groups in total. The van der Waals surface area contributed by atoms with Crippen LogP contribution in [0, 0.1) is 25.2 Å². The number of hydrogen-bond acceptors (Lipinski definition) is 3. The molecule has 4 nitrogen and oxygen atoms in total. The number of furan rings is 1. The van der Waals surface area contributed by atoms with Gasteiger partial charge >= 0.3 is 0 Å². The second kappa shape index (κ2) is 5.17. The van der Waals surface area contributed by atoms with Gasteiger partial charge in [-0.15, -0.1) is 0 Å². The van der Waals surface area contributed by atoms with Gasteiger partial charge in [0, 0.05) is 0 Å². The molecule has 19 heavy (non-hydrogen) atoms. The van der Waals surface area contributed by atoms with Gasteiger partial charge in [-0.1, -0.05) is 11.6 Å². The molecule has 0 aliphatic carbocycles. The van der Waals surface area contributed by atoms with Crippen molar-refractivity contribution in [3.63, 3.8) is 0 Å². The first-order chi connectivity index (χ1) is 9.01. The first kappa shape index (κ1) is 13.2. The molecule has 0 radical (unpaired) electrons. The van der Waals surface area contributed by atoms with Crippen molar-refractivity contribution in [2.45, 2.75) is 13.8 Å². The molecule has 0 aliphatic heterocycles. The summed E-state index contributed by atoms with van der Waals surface area (Å²) < 4.78 is 5.30. The number of benzene rings is 1. The van der Waals surface area contributed by atoms with Crippen molar-refractivity contribution < 1.29 is 9.21 Å². The largest absolute Gasteiger partial charge is 0.466 e. The number of halogens is 1. The number of nitriles is 1. The molecular weight excluding hydrogens is 264 g/mol. The molecule has 2 rings (SSSR count). The van der Waals surface area contributed by atoms with Gasteiger partial charge in [0.1, 0.15) is 11.5 Å². The van der Waals surface area contributed by atoms with Crippen LogP contribution in [-0.4, -0.2) is 5.91 Å². The van der Waals surface area contributed by atoms with Gasteiger partial charge in [0.15, 0.2) is 0 Å². The standard InChI is InChI=1S/C14H11ClN2O2/c1-8-5-11(9(2)19-8)14(18)17-13-6-10(7-16)3-4-12(13)15/h3-6H,1-2H3,(H,17,18). The average molecular weight is 275 g/mol. The van der Waals surface area contributed by atoms with Crippen molar-refractivity contribution in [1.82, 2.24) is 0 Å². The van der Waals surface area contributed by atoms with Crippen LogP contribution in [0.2, 0.25) is 5.02 Å². The lowest BCUT2D eigenvalue weighted by molar-refractivity contribution is 0.102. The zero-order valence-corrected chi connectivity index (χ0v) is 11.2. The first-order valence-electron chi connectivity index (χ1n) is 5.59. The summed E-state index contributed by atoms with van der Waals surface area (Å²) in [6, 6.07) is 8.35. The molecule has 0 atom stereocenters. The molecule has 0 bridgehead atoms. The number of rotatable bonds is 2. The predicted molar refractivity (Wildman–Crippen MR) is 72.3 cm³/mol. The van der Waals surface area contributed by atoms with Crippen molar-refractivity contribution >= 4 is 23.2 Å². The minimum atomic E-state index is -0.314. The zero-order valence-electron chi connectivity index (χ0n) is 10.5. The van der Waals surface area contributed by atoms with Gasteiger partial charge < -0.3 is 9.73 Å². The van der Waals surface area contributed by atoms with E-state index in [0.29, 0.717) is 33.4 Å². The number of hydrogen-bond donors (Lipinski definition) is 1. The third-order valence-corrected chi connectivity index (χ3v) is 2.96. The van der Waals surface area contributed by atoms with E-state index in [1.165, 1.54) is 6.07 Å². The molecule has 2 aromatic rings. The quantitative estimate of drug-likeness (QED) is 0.908. The molecule has 0 spiro atoms. The molecule has 96 valence electrons. The van der Waals surface area contributed by atoms with E-state index in [2.05, 4.69) is 5.32 Å². The first-order valence-corrected chi connectivity index (χ1v) is 5.97. The van der Waals surface area contributed by atoms with Crippen molar-refractivity contribution in [3.8, 4) is 6.07 Å². The van der Waals surface area contributed by atoms with Crippen LogP contribution in [0.3, 0.4) is 0 Å². The summed E-state index contributed by atoms with van der Waals surface area (Å²) in [6.45, 7) is 3.49. The summed E-state index contributed by atoms with van der Waals surface area (Å²) in [5.41, 5.74) is 1.29. The highest BCUT2D eigenvalue weighted by Gasteiger charge is 2.15. The van der Waals surface area contributed by atoms with E-state index in [-0.39, 0.29) is 5.91 Å². The third-order valence-electron chi connectivity index (χ3n) is 2.63. The molecule has 0 saturated carbocycles. The molecular formula is C14H11ClN2O2. The number of anilines is 1. The number of nitrogens with zero attached hydrogens (tertiary/aromatic N) is 1. The van der Waals surface area contributed by atoms with Crippen LogP contribution in [0.4, 0.5) is 5.69 Å². The summed E-state index contributed by atoms with van der Waals surface area (Å²) in [5.74, 6) is 0.897. The Balaban J connectivity index is 2.29. The Morgan fingerprint density at radius 2 is 2.11 bits per heavy atom. The molecule has 1 heterocycles. The van der Waals surface area contributed by atoms with Gasteiger partial charge in [-0.3, -0.25) is 4.79 Å². The van der Waals surface area contributed by atoms with Gasteiger partial charge in [0.25, 0.3) is 5.91 Å². The van der Waals surface area contributed by atoms with Gasteiger partial charge in [-0.25, -0.2) is 0 Å².